The summed E-state index contributed by atoms with van der Waals surface area (Å²) in [7, 11) is 0. The highest BCUT2D eigenvalue weighted by Gasteiger charge is 2.71. The molecule has 0 aliphatic carbocycles. The van der Waals surface area contributed by atoms with Crippen LogP contribution >= 0.6 is 11.6 Å². The minimum Gasteiger partial charge on any atom is -0.487 e. The van der Waals surface area contributed by atoms with E-state index in [2.05, 4.69) is 15.6 Å². The molecule has 1 atom stereocenters. The molecule has 0 saturated carbocycles. The first-order chi connectivity index (χ1) is 15.7. The van der Waals surface area contributed by atoms with Crippen molar-refractivity contribution in [2.75, 3.05) is 25.1 Å². The fourth-order valence-corrected chi connectivity index (χ4v) is 4.81. The van der Waals surface area contributed by atoms with Gasteiger partial charge in [0, 0.05) is 17.4 Å². The van der Waals surface area contributed by atoms with Crippen LogP contribution in [0.2, 0.25) is 5.02 Å². The second kappa shape index (κ2) is 7.32. The van der Waals surface area contributed by atoms with E-state index in [-0.39, 0.29) is 18.3 Å². The van der Waals surface area contributed by atoms with Gasteiger partial charge < -0.3 is 24.6 Å². The summed E-state index contributed by atoms with van der Waals surface area (Å²) in [6, 6.07) is 8.29. The molecule has 2 aromatic rings. The molecule has 0 radical (unpaired) electrons. The van der Waals surface area contributed by atoms with Crippen LogP contribution in [0, 0.1) is 5.41 Å². The lowest BCUT2D eigenvalue weighted by molar-refractivity contribution is -0.247. The summed E-state index contributed by atoms with van der Waals surface area (Å²) in [5, 5.41) is 14.6. The molecule has 3 aliphatic rings. The van der Waals surface area contributed by atoms with Gasteiger partial charge in [-0.3, -0.25) is 4.79 Å². The first-order valence-electron chi connectivity index (χ1n) is 10.2. The highest BCUT2D eigenvalue weighted by atomic mass is 35.5. The number of nitrogens with zero attached hydrogens (tertiary/aromatic N) is 2. The third kappa shape index (κ3) is 3.20. The number of rotatable bonds is 2. The maximum Gasteiger partial charge on any atom is 0.412 e. The zero-order valence-electron chi connectivity index (χ0n) is 17.8. The summed E-state index contributed by atoms with van der Waals surface area (Å²) in [5.74, 6) is 0.169. The van der Waals surface area contributed by atoms with Gasteiger partial charge in [-0.1, -0.05) is 11.6 Å². The van der Waals surface area contributed by atoms with Gasteiger partial charge in [0.15, 0.2) is 0 Å². The molecule has 1 aromatic carbocycles. The van der Waals surface area contributed by atoms with Crippen molar-refractivity contribution < 1.29 is 28.9 Å². The summed E-state index contributed by atoms with van der Waals surface area (Å²) in [6.07, 6.45) is 0.128. The molecule has 2 spiro atoms. The number of hydrogen-bond donors (Lipinski definition) is 3. The van der Waals surface area contributed by atoms with E-state index in [1.807, 2.05) is 13.8 Å². The number of amides is 2. The second-order valence-electron chi connectivity index (χ2n) is 8.71. The molecule has 4 heterocycles. The zero-order chi connectivity index (χ0) is 23.4. The smallest absolute Gasteiger partial charge is 0.412 e. The number of pyridine rings is 1. The maximum atomic E-state index is 12.7. The number of aromatic nitrogens is 1. The van der Waals surface area contributed by atoms with Crippen LogP contribution in [0.4, 0.5) is 10.5 Å². The molecule has 10 nitrogen and oxygen atoms in total. The third-order valence-corrected chi connectivity index (χ3v) is 6.80. The Morgan fingerprint density at radius 2 is 1.91 bits per heavy atom. The summed E-state index contributed by atoms with van der Waals surface area (Å²) in [4.78, 5) is 32.6. The molecule has 3 aliphatic heterocycles. The van der Waals surface area contributed by atoms with Crippen LogP contribution in [0.1, 0.15) is 29.9 Å². The number of amidine groups is 1. The number of carbonyl (C=O) groups excluding carboxylic acids is 1. The topological polar surface area (TPSA) is 131 Å². The number of aliphatic imine (C=N–C) groups is 1. The first kappa shape index (κ1) is 21.5. The van der Waals surface area contributed by atoms with Gasteiger partial charge in [0.2, 0.25) is 0 Å². The van der Waals surface area contributed by atoms with E-state index < -0.39 is 28.6 Å². The van der Waals surface area contributed by atoms with Gasteiger partial charge in [0.1, 0.15) is 29.2 Å². The normalized spacial score (nSPS) is 23.5. The van der Waals surface area contributed by atoms with E-state index in [0.717, 1.165) is 0 Å². The fourth-order valence-electron chi connectivity index (χ4n) is 4.70. The van der Waals surface area contributed by atoms with E-state index in [1.165, 1.54) is 12.3 Å². The number of benzene rings is 1. The van der Waals surface area contributed by atoms with E-state index >= 15 is 0 Å². The van der Waals surface area contributed by atoms with Gasteiger partial charge in [0.25, 0.3) is 11.9 Å². The van der Waals surface area contributed by atoms with Crippen LogP contribution in [-0.4, -0.2) is 53.5 Å². The Morgan fingerprint density at radius 1 is 1.12 bits per heavy atom. The standard InChI is InChI=1S/C22H21ClN4O6/c1-20(2)21(9-31-10-21)22(11-32-18(27-22)26-19(29)30)14-7-13(4-6-16(14)33-20)25-17(28)15-5-3-12(23)8-24-15/h3-8H,9-11H2,1-2H3,(H,25,28)(H,26,27)(H,29,30)/t22-/m0/s1. The number of carboxylic acid groups (broad SMARTS) is 1. The van der Waals surface area contributed by atoms with Crippen molar-refractivity contribution in [3.63, 3.8) is 0 Å². The number of carbonyl (C=O) groups is 2. The van der Waals surface area contributed by atoms with Gasteiger partial charge in [-0.2, -0.15) is 0 Å². The Morgan fingerprint density at radius 3 is 2.55 bits per heavy atom. The van der Waals surface area contributed by atoms with Gasteiger partial charge in [0.05, 0.1) is 23.7 Å². The number of anilines is 1. The van der Waals surface area contributed by atoms with Crippen molar-refractivity contribution in [3.05, 3.63) is 52.8 Å². The Balaban J connectivity index is 1.57. The van der Waals surface area contributed by atoms with Crippen molar-refractivity contribution in [1.82, 2.24) is 10.3 Å². The molecule has 1 saturated heterocycles. The molecule has 11 heteroatoms. The zero-order valence-corrected chi connectivity index (χ0v) is 18.6. The van der Waals surface area contributed by atoms with Crippen molar-refractivity contribution in [3.8, 4) is 5.75 Å². The molecule has 0 bridgehead atoms. The second-order valence-corrected chi connectivity index (χ2v) is 9.15. The lowest BCUT2D eigenvalue weighted by Crippen LogP contribution is -2.71. The fraction of sp³-hybridized carbons (Fsp3) is 0.364. The molecule has 1 aromatic heterocycles. The number of fused-ring (bicyclic) bond motifs is 3. The number of hydrogen-bond acceptors (Lipinski definition) is 7. The molecule has 0 unspecified atom stereocenters. The van der Waals surface area contributed by atoms with E-state index in [1.54, 1.807) is 24.3 Å². The number of halogens is 1. The highest BCUT2D eigenvalue weighted by molar-refractivity contribution is 6.30. The number of ether oxygens (including phenoxy) is 3. The van der Waals surface area contributed by atoms with Gasteiger partial charge in [-0.05, 0) is 44.2 Å². The Hall–Kier alpha value is -3.37. The Labute approximate surface area is 193 Å². The minimum atomic E-state index is -1.27. The molecule has 3 N–H and O–H groups in total. The molecule has 1 fully saturated rings. The van der Waals surface area contributed by atoms with Crippen molar-refractivity contribution in [2.24, 2.45) is 10.4 Å². The Kier molecular flexibility index (Phi) is 4.77. The minimum absolute atomic E-state index is 0.0859. The summed E-state index contributed by atoms with van der Waals surface area (Å²) in [6.45, 7) is 4.73. The molecular formula is C22H21ClN4O6. The molecule has 172 valence electrons. The monoisotopic (exact) mass is 472 g/mol. The first-order valence-corrected chi connectivity index (χ1v) is 10.6. The molecule has 5 rings (SSSR count). The average molecular weight is 473 g/mol. The van der Waals surface area contributed by atoms with Crippen LogP contribution in [-0.2, 0) is 15.0 Å². The largest absolute Gasteiger partial charge is 0.487 e. The van der Waals surface area contributed by atoms with Crippen molar-refractivity contribution in [1.29, 1.82) is 0 Å². The van der Waals surface area contributed by atoms with Crippen LogP contribution < -0.4 is 15.4 Å². The van der Waals surface area contributed by atoms with Gasteiger partial charge >= 0.3 is 6.09 Å². The Bertz CT molecular complexity index is 1180. The SMILES string of the molecule is CC1(C)Oc2ccc(NC(=O)c3ccc(Cl)cn3)cc2[C@@]2(COC(NC(=O)O)=N2)C12COC2. The third-order valence-electron chi connectivity index (χ3n) is 6.57. The van der Waals surface area contributed by atoms with E-state index in [9.17, 15) is 9.59 Å². The van der Waals surface area contributed by atoms with Crippen LogP contribution in [0.15, 0.2) is 41.5 Å². The van der Waals surface area contributed by atoms with Crippen molar-refractivity contribution in [2.45, 2.75) is 25.0 Å². The van der Waals surface area contributed by atoms with Crippen LogP contribution in [0.5, 0.6) is 5.75 Å². The highest BCUT2D eigenvalue weighted by Crippen LogP contribution is 2.62. The molecule has 33 heavy (non-hydrogen) atoms. The molecule has 2 amide bonds. The van der Waals surface area contributed by atoms with Crippen LogP contribution in [0.25, 0.3) is 0 Å². The van der Waals surface area contributed by atoms with Gasteiger partial charge in [-0.15, -0.1) is 0 Å². The average Bonchev–Trinajstić information content (AvgIpc) is 3.11. The predicted molar refractivity (Wildman–Crippen MR) is 118 cm³/mol. The lowest BCUT2D eigenvalue weighted by Gasteiger charge is -2.61. The maximum absolute atomic E-state index is 12.7. The quantitative estimate of drug-likeness (QED) is 0.612. The van der Waals surface area contributed by atoms with Gasteiger partial charge in [-0.25, -0.2) is 20.1 Å². The lowest BCUT2D eigenvalue weighted by atomic mass is 9.55. The molecular weight excluding hydrogens is 452 g/mol. The summed E-state index contributed by atoms with van der Waals surface area (Å²) < 4.78 is 17.6. The summed E-state index contributed by atoms with van der Waals surface area (Å²) >= 11 is 5.85. The summed E-state index contributed by atoms with van der Waals surface area (Å²) in [5.41, 5.74) is -0.864. The predicted octanol–water partition coefficient (Wildman–Crippen LogP) is 3.02. The van der Waals surface area contributed by atoms with E-state index in [4.69, 9.17) is 35.9 Å². The van der Waals surface area contributed by atoms with Crippen molar-refractivity contribution >= 4 is 35.3 Å². The number of nitrogens with one attached hydrogen (secondary N) is 2. The van der Waals surface area contributed by atoms with Crippen LogP contribution in [0.3, 0.4) is 0 Å². The van der Waals surface area contributed by atoms with E-state index in [0.29, 0.717) is 35.2 Å².